The zero-order valence-corrected chi connectivity index (χ0v) is 12.3. The van der Waals surface area contributed by atoms with E-state index >= 15 is 0 Å². The zero-order chi connectivity index (χ0) is 14.2. The molecule has 1 aromatic heterocycles. The number of para-hydroxylation sites is 2. The molecule has 3 rings (SSSR count). The molecule has 2 atom stereocenters. The lowest BCUT2D eigenvalue weighted by Crippen LogP contribution is -2.47. The van der Waals surface area contributed by atoms with Crippen molar-refractivity contribution in [2.75, 3.05) is 6.61 Å². The van der Waals surface area contributed by atoms with Crippen LogP contribution >= 0.6 is 0 Å². The van der Waals surface area contributed by atoms with E-state index in [1.54, 1.807) is 0 Å². The van der Waals surface area contributed by atoms with Crippen LogP contribution in [-0.2, 0) is 17.7 Å². The quantitative estimate of drug-likeness (QED) is 0.931. The Morgan fingerprint density at radius 1 is 1.45 bits per heavy atom. The Morgan fingerprint density at radius 3 is 2.95 bits per heavy atom. The van der Waals surface area contributed by atoms with Crippen molar-refractivity contribution in [1.82, 2.24) is 9.55 Å². The van der Waals surface area contributed by atoms with E-state index in [-0.39, 0.29) is 11.6 Å². The van der Waals surface area contributed by atoms with E-state index in [1.165, 1.54) is 5.52 Å². The Morgan fingerprint density at radius 2 is 2.25 bits per heavy atom. The maximum atomic E-state index is 6.41. The average molecular weight is 273 g/mol. The molecular weight excluding hydrogens is 250 g/mol. The molecule has 1 saturated heterocycles. The van der Waals surface area contributed by atoms with Crippen LogP contribution in [0.2, 0.25) is 0 Å². The Bertz CT molecular complexity index is 599. The third-order valence-corrected chi connectivity index (χ3v) is 4.49. The minimum atomic E-state index is -0.198. The molecule has 1 aromatic carbocycles. The van der Waals surface area contributed by atoms with Crippen molar-refractivity contribution in [2.24, 2.45) is 5.73 Å². The molecular formula is C16H23N3O. The number of ether oxygens (including phenoxy) is 1. The Hall–Kier alpha value is -1.39. The van der Waals surface area contributed by atoms with Crippen molar-refractivity contribution in [1.29, 1.82) is 0 Å². The van der Waals surface area contributed by atoms with E-state index in [0.717, 1.165) is 43.8 Å². The van der Waals surface area contributed by atoms with Crippen LogP contribution in [0.15, 0.2) is 24.3 Å². The van der Waals surface area contributed by atoms with Crippen LogP contribution in [0.4, 0.5) is 0 Å². The number of nitrogens with zero attached hydrogens (tertiary/aromatic N) is 2. The monoisotopic (exact) mass is 273 g/mol. The highest BCUT2D eigenvalue weighted by molar-refractivity contribution is 5.75. The van der Waals surface area contributed by atoms with Gasteiger partial charge in [-0.2, -0.15) is 0 Å². The topological polar surface area (TPSA) is 53.1 Å². The Kier molecular flexibility index (Phi) is 3.52. The molecule has 20 heavy (non-hydrogen) atoms. The molecule has 0 spiro atoms. The van der Waals surface area contributed by atoms with Gasteiger partial charge in [0.2, 0.25) is 0 Å². The smallest absolute Gasteiger partial charge is 0.111 e. The summed E-state index contributed by atoms with van der Waals surface area (Å²) in [6, 6.07) is 8.26. The lowest BCUT2D eigenvalue weighted by Gasteiger charge is -2.30. The van der Waals surface area contributed by atoms with Crippen LogP contribution in [0.5, 0.6) is 0 Å². The summed E-state index contributed by atoms with van der Waals surface area (Å²) in [7, 11) is 0. The summed E-state index contributed by atoms with van der Waals surface area (Å²) >= 11 is 0. The van der Waals surface area contributed by atoms with Crippen LogP contribution in [0.3, 0.4) is 0 Å². The fourth-order valence-corrected chi connectivity index (χ4v) is 3.14. The molecule has 0 bridgehead atoms. The summed E-state index contributed by atoms with van der Waals surface area (Å²) in [4.78, 5) is 4.75. The molecule has 2 N–H and O–H groups in total. The van der Waals surface area contributed by atoms with Gasteiger partial charge in [-0.25, -0.2) is 4.98 Å². The Balaban J connectivity index is 1.90. The van der Waals surface area contributed by atoms with Gasteiger partial charge in [-0.05, 0) is 38.8 Å². The summed E-state index contributed by atoms with van der Waals surface area (Å²) in [5.41, 5.74) is 8.45. The molecule has 108 valence electrons. The molecule has 1 fully saturated rings. The van der Waals surface area contributed by atoms with E-state index in [0.29, 0.717) is 0 Å². The van der Waals surface area contributed by atoms with E-state index < -0.39 is 0 Å². The SMILES string of the molecule is CCn1c(CC(N)C2(C)CCCO2)nc2ccccc21. The first-order chi connectivity index (χ1) is 9.64. The van der Waals surface area contributed by atoms with Gasteiger partial charge in [0.25, 0.3) is 0 Å². The number of fused-ring (bicyclic) bond motifs is 1. The van der Waals surface area contributed by atoms with Gasteiger partial charge in [0.05, 0.1) is 16.6 Å². The van der Waals surface area contributed by atoms with Crippen LogP contribution in [0.25, 0.3) is 11.0 Å². The number of imidazole rings is 1. The summed E-state index contributed by atoms with van der Waals surface area (Å²) < 4.78 is 8.12. The second-order valence-corrected chi connectivity index (χ2v) is 5.84. The standard InChI is InChI=1S/C16H23N3O/c1-3-19-13-8-5-4-7-12(13)18-15(19)11-14(17)16(2)9-6-10-20-16/h4-5,7-8,14H,3,6,9-11,17H2,1-2H3. The predicted octanol–water partition coefficient (Wildman–Crippen LogP) is 2.50. The number of hydrogen-bond donors (Lipinski definition) is 1. The number of aromatic nitrogens is 2. The minimum Gasteiger partial charge on any atom is -0.374 e. The van der Waals surface area contributed by atoms with Gasteiger partial charge in [-0.1, -0.05) is 12.1 Å². The maximum Gasteiger partial charge on any atom is 0.111 e. The first kappa shape index (κ1) is 13.6. The normalized spacial score (nSPS) is 24.4. The van der Waals surface area contributed by atoms with Crippen molar-refractivity contribution >= 4 is 11.0 Å². The molecule has 2 heterocycles. The van der Waals surface area contributed by atoms with E-state index in [1.807, 2.05) is 6.07 Å². The molecule has 2 unspecified atom stereocenters. The van der Waals surface area contributed by atoms with Crippen molar-refractivity contribution in [3.63, 3.8) is 0 Å². The fourth-order valence-electron chi connectivity index (χ4n) is 3.14. The zero-order valence-electron chi connectivity index (χ0n) is 12.3. The van der Waals surface area contributed by atoms with Crippen LogP contribution in [-0.4, -0.2) is 27.8 Å². The van der Waals surface area contributed by atoms with E-state index in [2.05, 4.69) is 36.6 Å². The second-order valence-electron chi connectivity index (χ2n) is 5.84. The van der Waals surface area contributed by atoms with Crippen molar-refractivity contribution in [2.45, 2.75) is 51.3 Å². The summed E-state index contributed by atoms with van der Waals surface area (Å²) in [6.07, 6.45) is 2.91. The molecule has 1 aliphatic rings. The molecule has 4 nitrogen and oxygen atoms in total. The Labute approximate surface area is 119 Å². The lowest BCUT2D eigenvalue weighted by molar-refractivity contribution is -0.00150. The van der Waals surface area contributed by atoms with Gasteiger partial charge in [0.15, 0.2) is 0 Å². The highest BCUT2D eigenvalue weighted by atomic mass is 16.5. The molecule has 0 radical (unpaired) electrons. The third-order valence-electron chi connectivity index (χ3n) is 4.49. The minimum absolute atomic E-state index is 0.00730. The summed E-state index contributed by atoms with van der Waals surface area (Å²) in [5.74, 6) is 1.07. The lowest BCUT2D eigenvalue weighted by atomic mass is 9.91. The highest BCUT2D eigenvalue weighted by Crippen LogP contribution is 2.29. The number of rotatable bonds is 4. The van der Waals surface area contributed by atoms with Crippen LogP contribution < -0.4 is 5.73 Å². The molecule has 1 aliphatic heterocycles. The van der Waals surface area contributed by atoms with Gasteiger partial charge in [-0.3, -0.25) is 0 Å². The third kappa shape index (κ3) is 2.23. The van der Waals surface area contributed by atoms with E-state index in [4.69, 9.17) is 15.5 Å². The predicted molar refractivity (Wildman–Crippen MR) is 80.7 cm³/mol. The first-order valence-corrected chi connectivity index (χ1v) is 7.48. The number of hydrogen-bond acceptors (Lipinski definition) is 3. The number of benzene rings is 1. The summed E-state index contributed by atoms with van der Waals surface area (Å²) in [5, 5.41) is 0. The van der Waals surface area contributed by atoms with Crippen molar-refractivity contribution in [3.8, 4) is 0 Å². The van der Waals surface area contributed by atoms with Crippen molar-refractivity contribution in [3.05, 3.63) is 30.1 Å². The molecule has 0 saturated carbocycles. The molecule has 2 aromatic rings. The number of aryl methyl sites for hydroxylation is 1. The van der Waals surface area contributed by atoms with Gasteiger partial charge in [0.1, 0.15) is 5.82 Å². The molecule has 4 heteroatoms. The second kappa shape index (κ2) is 5.19. The molecule has 0 aliphatic carbocycles. The van der Waals surface area contributed by atoms with Crippen molar-refractivity contribution < 1.29 is 4.74 Å². The van der Waals surface area contributed by atoms with Gasteiger partial charge in [-0.15, -0.1) is 0 Å². The van der Waals surface area contributed by atoms with Crippen LogP contribution in [0.1, 0.15) is 32.5 Å². The van der Waals surface area contributed by atoms with Gasteiger partial charge in [0, 0.05) is 25.6 Å². The first-order valence-electron chi connectivity index (χ1n) is 7.48. The molecule has 0 amide bonds. The van der Waals surface area contributed by atoms with Crippen LogP contribution in [0, 0.1) is 0 Å². The van der Waals surface area contributed by atoms with Gasteiger partial charge < -0.3 is 15.0 Å². The maximum absolute atomic E-state index is 6.41. The fraction of sp³-hybridized carbons (Fsp3) is 0.562. The summed E-state index contributed by atoms with van der Waals surface area (Å²) in [6.45, 7) is 6.02. The number of nitrogens with two attached hydrogens (primary N) is 1. The largest absolute Gasteiger partial charge is 0.374 e. The van der Waals surface area contributed by atoms with Gasteiger partial charge >= 0.3 is 0 Å². The average Bonchev–Trinajstić information content (AvgIpc) is 3.03. The van der Waals surface area contributed by atoms with E-state index in [9.17, 15) is 0 Å². The highest BCUT2D eigenvalue weighted by Gasteiger charge is 2.36.